The van der Waals surface area contributed by atoms with Gasteiger partial charge in [0.2, 0.25) is 5.91 Å². The molecule has 0 unspecified atom stereocenters. The van der Waals surface area contributed by atoms with Gasteiger partial charge in [-0.15, -0.1) is 0 Å². The van der Waals surface area contributed by atoms with Crippen LogP contribution in [-0.4, -0.2) is 43.5 Å². The Kier molecular flexibility index (Phi) is 8.59. The summed E-state index contributed by atoms with van der Waals surface area (Å²) in [6.07, 6.45) is 0.382. The minimum atomic E-state index is -0.756. The Morgan fingerprint density at radius 1 is 1.17 bits per heavy atom. The summed E-state index contributed by atoms with van der Waals surface area (Å²) in [5, 5.41) is 20.2. The van der Waals surface area contributed by atoms with E-state index in [-0.39, 0.29) is 38.4 Å². The smallest absolute Gasteiger partial charge is 0.327 e. The van der Waals surface area contributed by atoms with Crippen LogP contribution < -0.4 is 5.32 Å². The van der Waals surface area contributed by atoms with Crippen molar-refractivity contribution in [2.75, 3.05) is 26.7 Å². The third-order valence-electron chi connectivity index (χ3n) is 3.37. The van der Waals surface area contributed by atoms with Crippen molar-refractivity contribution in [1.29, 1.82) is 10.5 Å². The van der Waals surface area contributed by atoms with Crippen molar-refractivity contribution >= 4 is 11.9 Å². The molecule has 1 aromatic rings. The van der Waals surface area contributed by atoms with Crippen LogP contribution in [0.4, 0.5) is 0 Å². The van der Waals surface area contributed by atoms with Gasteiger partial charge in [-0.25, -0.2) is 4.79 Å². The van der Waals surface area contributed by atoms with Crippen molar-refractivity contribution in [3.05, 3.63) is 35.9 Å². The number of carbonyl (C=O) groups excluding carboxylic acids is 2. The zero-order valence-corrected chi connectivity index (χ0v) is 13.6. The van der Waals surface area contributed by atoms with Gasteiger partial charge in [0.1, 0.15) is 6.04 Å². The Morgan fingerprint density at radius 3 is 2.25 bits per heavy atom. The molecular formula is C17H20N4O3. The van der Waals surface area contributed by atoms with Gasteiger partial charge in [-0.05, 0) is 5.56 Å². The predicted octanol–water partition coefficient (Wildman–Crippen LogP) is 1.15. The Balaban J connectivity index is 2.73. The highest BCUT2D eigenvalue weighted by atomic mass is 16.5. The van der Waals surface area contributed by atoms with E-state index in [1.165, 1.54) is 12.0 Å². The second-order valence-electron chi connectivity index (χ2n) is 4.94. The van der Waals surface area contributed by atoms with E-state index in [0.29, 0.717) is 5.56 Å². The molecule has 0 saturated carbocycles. The van der Waals surface area contributed by atoms with E-state index >= 15 is 0 Å². The molecule has 0 saturated heterocycles. The van der Waals surface area contributed by atoms with Gasteiger partial charge in [-0.3, -0.25) is 10.1 Å². The number of carbonyl (C=O) groups is 2. The third-order valence-corrected chi connectivity index (χ3v) is 3.37. The van der Waals surface area contributed by atoms with Crippen LogP contribution in [0.2, 0.25) is 0 Å². The fourth-order valence-corrected chi connectivity index (χ4v) is 2.13. The zero-order valence-electron chi connectivity index (χ0n) is 13.6. The van der Waals surface area contributed by atoms with E-state index in [1.807, 2.05) is 18.2 Å². The molecule has 0 aliphatic heterocycles. The Bertz CT molecular complexity index is 601. The molecule has 0 spiro atoms. The summed E-state index contributed by atoms with van der Waals surface area (Å²) in [7, 11) is 1.29. The molecule has 0 aliphatic rings. The van der Waals surface area contributed by atoms with E-state index < -0.39 is 12.0 Å². The maximum absolute atomic E-state index is 12.3. The number of esters is 1. The molecule has 7 nitrogen and oxygen atoms in total. The zero-order chi connectivity index (χ0) is 17.8. The lowest BCUT2D eigenvalue weighted by Crippen LogP contribution is -2.42. The van der Waals surface area contributed by atoms with Gasteiger partial charge in [0.15, 0.2) is 0 Å². The number of rotatable bonds is 9. The molecule has 1 amide bonds. The monoisotopic (exact) mass is 328 g/mol. The largest absolute Gasteiger partial charge is 0.468 e. The second kappa shape index (κ2) is 10.8. The number of hydrogen-bond donors (Lipinski definition) is 1. The normalized spacial score (nSPS) is 11.0. The van der Waals surface area contributed by atoms with Gasteiger partial charge >= 0.3 is 5.97 Å². The van der Waals surface area contributed by atoms with Crippen LogP contribution in [-0.2, 0) is 14.3 Å². The van der Waals surface area contributed by atoms with Crippen molar-refractivity contribution < 1.29 is 14.3 Å². The molecule has 1 N–H and O–H groups in total. The molecule has 0 bridgehead atoms. The van der Waals surface area contributed by atoms with E-state index in [4.69, 9.17) is 15.3 Å². The number of amides is 1. The number of benzene rings is 1. The molecule has 126 valence electrons. The van der Waals surface area contributed by atoms with E-state index in [0.717, 1.165) is 0 Å². The van der Waals surface area contributed by atoms with Crippen molar-refractivity contribution in [3.63, 3.8) is 0 Å². The highest BCUT2D eigenvalue weighted by Gasteiger charge is 2.23. The van der Waals surface area contributed by atoms with Gasteiger partial charge in [0.25, 0.3) is 0 Å². The maximum Gasteiger partial charge on any atom is 0.327 e. The van der Waals surface area contributed by atoms with E-state index in [2.05, 4.69) is 5.32 Å². The van der Waals surface area contributed by atoms with Crippen LogP contribution in [0.25, 0.3) is 0 Å². The first-order chi connectivity index (χ1) is 11.6. The van der Waals surface area contributed by atoms with Crippen LogP contribution in [0.5, 0.6) is 0 Å². The first-order valence-electron chi connectivity index (χ1n) is 7.51. The lowest BCUT2D eigenvalue weighted by atomic mass is 10.1. The molecule has 1 aromatic carbocycles. The fraction of sp³-hybridized carbons (Fsp3) is 0.412. The molecule has 0 radical (unpaired) electrons. The summed E-state index contributed by atoms with van der Waals surface area (Å²) in [5.41, 5.74) is 0.692. The molecule has 0 aliphatic carbocycles. The average Bonchev–Trinajstić information content (AvgIpc) is 2.62. The topological polar surface area (TPSA) is 106 Å². The number of ether oxygens (including phenoxy) is 1. The second-order valence-corrected chi connectivity index (χ2v) is 4.94. The van der Waals surface area contributed by atoms with E-state index in [9.17, 15) is 9.59 Å². The summed E-state index contributed by atoms with van der Waals surface area (Å²) < 4.78 is 4.78. The third kappa shape index (κ3) is 6.07. The SMILES string of the molecule is COC(=O)[C@H](NCC(=O)N(CCC#N)CCC#N)c1ccccc1. The average molecular weight is 328 g/mol. The Hall–Kier alpha value is -2.90. The van der Waals surface area contributed by atoms with Crippen molar-refractivity contribution in [1.82, 2.24) is 10.2 Å². The highest BCUT2D eigenvalue weighted by molar-refractivity contribution is 5.81. The van der Waals surface area contributed by atoms with Crippen molar-refractivity contribution in [2.45, 2.75) is 18.9 Å². The molecule has 7 heteroatoms. The van der Waals surface area contributed by atoms with E-state index in [1.54, 1.807) is 24.3 Å². The minimum absolute atomic E-state index is 0.0917. The van der Waals surface area contributed by atoms with Crippen LogP contribution in [0.3, 0.4) is 0 Å². The Labute approximate surface area is 141 Å². The number of nitrogens with one attached hydrogen (secondary N) is 1. The van der Waals surface area contributed by atoms with Crippen LogP contribution in [0.15, 0.2) is 30.3 Å². The van der Waals surface area contributed by atoms with Gasteiger partial charge in [-0.1, -0.05) is 30.3 Å². The van der Waals surface area contributed by atoms with Crippen molar-refractivity contribution in [2.24, 2.45) is 0 Å². The number of nitriles is 2. The summed E-state index contributed by atoms with van der Waals surface area (Å²) >= 11 is 0. The molecular weight excluding hydrogens is 308 g/mol. The minimum Gasteiger partial charge on any atom is -0.468 e. The quantitative estimate of drug-likeness (QED) is 0.681. The molecule has 0 fully saturated rings. The maximum atomic E-state index is 12.3. The standard InChI is InChI=1S/C17H20N4O3/c1-24-17(23)16(14-7-3-2-4-8-14)20-13-15(22)21(11-5-9-18)12-6-10-19/h2-4,7-8,16,20H,5-6,11-13H2,1H3/t16-/m1/s1. The van der Waals surface area contributed by atoms with Crippen LogP contribution in [0, 0.1) is 22.7 Å². The van der Waals surface area contributed by atoms with Crippen LogP contribution >= 0.6 is 0 Å². The number of hydrogen-bond acceptors (Lipinski definition) is 6. The summed E-state index contributed by atoms with van der Waals surface area (Å²) in [4.78, 5) is 25.7. The predicted molar refractivity (Wildman–Crippen MR) is 86.2 cm³/mol. The molecule has 1 rings (SSSR count). The Morgan fingerprint density at radius 2 is 1.75 bits per heavy atom. The van der Waals surface area contributed by atoms with Gasteiger partial charge in [0.05, 0.1) is 38.6 Å². The van der Waals surface area contributed by atoms with Gasteiger partial charge in [-0.2, -0.15) is 10.5 Å². The summed E-state index contributed by atoms with van der Waals surface area (Å²) in [6.45, 7) is 0.422. The lowest BCUT2D eigenvalue weighted by molar-refractivity contribution is -0.143. The van der Waals surface area contributed by atoms with Crippen LogP contribution in [0.1, 0.15) is 24.4 Å². The molecule has 24 heavy (non-hydrogen) atoms. The molecule has 0 heterocycles. The van der Waals surface area contributed by atoms with Crippen molar-refractivity contribution in [3.8, 4) is 12.1 Å². The molecule has 1 atom stereocenters. The molecule has 0 aromatic heterocycles. The highest BCUT2D eigenvalue weighted by Crippen LogP contribution is 2.14. The fourth-order valence-electron chi connectivity index (χ4n) is 2.13. The van der Waals surface area contributed by atoms with Gasteiger partial charge < -0.3 is 9.64 Å². The number of methoxy groups -OCH3 is 1. The lowest BCUT2D eigenvalue weighted by Gasteiger charge is -2.22. The first kappa shape index (κ1) is 19.1. The summed E-state index contributed by atoms with van der Waals surface area (Å²) in [6, 6.07) is 12.1. The van der Waals surface area contributed by atoms with Gasteiger partial charge in [0, 0.05) is 13.1 Å². The first-order valence-corrected chi connectivity index (χ1v) is 7.51. The number of nitrogens with zero attached hydrogens (tertiary/aromatic N) is 3. The summed E-state index contributed by atoms with van der Waals surface area (Å²) in [5.74, 6) is -0.764.